The van der Waals surface area contributed by atoms with Crippen LogP contribution in [0.1, 0.15) is 15.9 Å². The van der Waals surface area contributed by atoms with Crippen LogP contribution >= 0.6 is 11.6 Å². The molecule has 0 aromatic heterocycles. The number of hydrogen-bond donors (Lipinski definition) is 1. The number of hydrogen-bond acceptors (Lipinski definition) is 3. The van der Waals surface area contributed by atoms with Gasteiger partial charge in [-0.1, -0.05) is 23.7 Å². The molecule has 1 N–H and O–H groups in total. The van der Waals surface area contributed by atoms with E-state index in [-0.39, 0.29) is 17.5 Å². The third kappa shape index (κ3) is 3.49. The van der Waals surface area contributed by atoms with Crippen LogP contribution in [0.25, 0.3) is 0 Å². The van der Waals surface area contributed by atoms with Crippen molar-refractivity contribution in [1.29, 1.82) is 0 Å². The maximum atomic E-state index is 13.1. The van der Waals surface area contributed by atoms with Crippen molar-refractivity contribution in [2.75, 3.05) is 14.2 Å². The zero-order valence-electron chi connectivity index (χ0n) is 12.2. The number of halogens is 2. The van der Waals surface area contributed by atoms with Gasteiger partial charge < -0.3 is 14.8 Å². The van der Waals surface area contributed by atoms with E-state index in [9.17, 15) is 9.18 Å². The molecule has 0 fully saturated rings. The van der Waals surface area contributed by atoms with Crippen LogP contribution in [-0.2, 0) is 6.54 Å². The third-order valence-corrected chi connectivity index (χ3v) is 3.38. The third-order valence-electron chi connectivity index (χ3n) is 3.09. The van der Waals surface area contributed by atoms with Crippen molar-refractivity contribution in [2.24, 2.45) is 0 Å². The molecule has 0 atom stereocenters. The van der Waals surface area contributed by atoms with Gasteiger partial charge in [0, 0.05) is 6.54 Å². The standard InChI is InChI=1S/C16H15ClFNO3/c1-21-13-4-3-5-14(22-2)15(13)16(20)19-9-10-6-7-12(18)11(17)8-10/h3-8H,9H2,1-2H3,(H,19,20). The van der Waals surface area contributed by atoms with Gasteiger partial charge in [0.25, 0.3) is 5.91 Å². The van der Waals surface area contributed by atoms with E-state index < -0.39 is 5.82 Å². The molecule has 0 bridgehead atoms. The Balaban J connectivity index is 2.17. The van der Waals surface area contributed by atoms with Crippen LogP contribution in [-0.4, -0.2) is 20.1 Å². The second-order valence-electron chi connectivity index (χ2n) is 4.47. The molecule has 22 heavy (non-hydrogen) atoms. The number of ether oxygens (including phenoxy) is 2. The van der Waals surface area contributed by atoms with E-state index in [1.807, 2.05) is 0 Å². The Morgan fingerprint density at radius 3 is 2.36 bits per heavy atom. The number of benzene rings is 2. The summed E-state index contributed by atoms with van der Waals surface area (Å²) in [6.45, 7) is 0.208. The molecule has 116 valence electrons. The Hall–Kier alpha value is -2.27. The van der Waals surface area contributed by atoms with Gasteiger partial charge in [0.15, 0.2) is 0 Å². The van der Waals surface area contributed by atoms with Gasteiger partial charge >= 0.3 is 0 Å². The first-order valence-electron chi connectivity index (χ1n) is 6.50. The van der Waals surface area contributed by atoms with Crippen molar-refractivity contribution in [1.82, 2.24) is 5.32 Å². The molecule has 0 aliphatic carbocycles. The highest BCUT2D eigenvalue weighted by atomic mass is 35.5. The Morgan fingerprint density at radius 2 is 1.82 bits per heavy atom. The smallest absolute Gasteiger partial charge is 0.259 e. The second kappa shape index (κ2) is 7.13. The highest BCUT2D eigenvalue weighted by Crippen LogP contribution is 2.28. The minimum atomic E-state index is -0.497. The fourth-order valence-corrected chi connectivity index (χ4v) is 2.20. The summed E-state index contributed by atoms with van der Waals surface area (Å²) in [6, 6.07) is 9.36. The van der Waals surface area contributed by atoms with Crippen LogP contribution in [0.3, 0.4) is 0 Å². The molecule has 1 amide bonds. The molecule has 4 nitrogen and oxygen atoms in total. The fraction of sp³-hybridized carbons (Fsp3) is 0.188. The number of carbonyl (C=O) groups excluding carboxylic acids is 1. The van der Waals surface area contributed by atoms with Crippen molar-refractivity contribution >= 4 is 17.5 Å². The van der Waals surface area contributed by atoms with Crippen molar-refractivity contribution in [3.63, 3.8) is 0 Å². The fourth-order valence-electron chi connectivity index (χ4n) is 2.00. The molecular weight excluding hydrogens is 309 g/mol. The molecule has 0 aliphatic heterocycles. The van der Waals surface area contributed by atoms with Gasteiger partial charge in [0.2, 0.25) is 0 Å². The van der Waals surface area contributed by atoms with Crippen molar-refractivity contribution < 1.29 is 18.7 Å². The summed E-state index contributed by atoms with van der Waals surface area (Å²) in [6.07, 6.45) is 0. The van der Waals surface area contributed by atoms with Gasteiger partial charge in [-0.05, 0) is 29.8 Å². The lowest BCUT2D eigenvalue weighted by atomic mass is 10.1. The number of rotatable bonds is 5. The van der Waals surface area contributed by atoms with Gasteiger partial charge in [-0.25, -0.2) is 4.39 Å². The van der Waals surface area contributed by atoms with E-state index in [4.69, 9.17) is 21.1 Å². The van der Waals surface area contributed by atoms with Gasteiger partial charge in [-0.2, -0.15) is 0 Å². The Kier molecular flexibility index (Phi) is 5.22. The normalized spacial score (nSPS) is 10.2. The Bertz CT molecular complexity index is 669. The Morgan fingerprint density at radius 1 is 1.18 bits per heavy atom. The second-order valence-corrected chi connectivity index (χ2v) is 4.88. The van der Waals surface area contributed by atoms with E-state index in [1.165, 1.54) is 26.4 Å². The summed E-state index contributed by atoms with van der Waals surface area (Å²) in [5.74, 6) is -0.0270. The summed E-state index contributed by atoms with van der Waals surface area (Å²) in [7, 11) is 2.95. The van der Waals surface area contributed by atoms with E-state index >= 15 is 0 Å². The molecule has 0 aliphatic rings. The van der Waals surface area contributed by atoms with E-state index in [0.29, 0.717) is 22.6 Å². The first-order valence-corrected chi connectivity index (χ1v) is 6.87. The van der Waals surface area contributed by atoms with Crippen molar-refractivity contribution in [3.8, 4) is 11.5 Å². The van der Waals surface area contributed by atoms with E-state index in [1.54, 1.807) is 24.3 Å². The van der Waals surface area contributed by atoms with E-state index in [0.717, 1.165) is 0 Å². The lowest BCUT2D eigenvalue weighted by molar-refractivity contribution is 0.0944. The molecule has 0 heterocycles. The van der Waals surface area contributed by atoms with E-state index in [2.05, 4.69) is 5.32 Å². The first-order chi connectivity index (χ1) is 10.6. The number of carbonyl (C=O) groups is 1. The lowest BCUT2D eigenvalue weighted by Crippen LogP contribution is -2.24. The summed E-state index contributed by atoms with van der Waals surface area (Å²) >= 11 is 5.71. The summed E-state index contributed by atoms with van der Waals surface area (Å²) in [5, 5.41) is 2.75. The molecule has 0 radical (unpaired) electrons. The van der Waals surface area contributed by atoms with Crippen molar-refractivity contribution in [2.45, 2.75) is 6.54 Å². The molecule has 0 saturated carbocycles. The van der Waals surface area contributed by atoms with Gasteiger partial charge in [0.05, 0.1) is 19.2 Å². The molecule has 2 aromatic rings. The zero-order valence-corrected chi connectivity index (χ0v) is 12.9. The molecule has 2 aromatic carbocycles. The molecule has 0 saturated heterocycles. The molecular formula is C16H15ClFNO3. The predicted molar refractivity (Wildman–Crippen MR) is 82.1 cm³/mol. The zero-order chi connectivity index (χ0) is 16.1. The van der Waals surface area contributed by atoms with Crippen LogP contribution in [0.2, 0.25) is 5.02 Å². The average molecular weight is 324 g/mol. The maximum absolute atomic E-state index is 13.1. The topological polar surface area (TPSA) is 47.6 Å². The SMILES string of the molecule is COc1cccc(OC)c1C(=O)NCc1ccc(F)c(Cl)c1. The number of nitrogens with one attached hydrogen (secondary N) is 1. The van der Waals surface area contributed by atoms with Crippen LogP contribution in [0.5, 0.6) is 11.5 Å². The summed E-state index contributed by atoms with van der Waals surface area (Å²) in [5.41, 5.74) is 0.995. The summed E-state index contributed by atoms with van der Waals surface area (Å²) < 4.78 is 23.5. The molecule has 0 spiro atoms. The minimum absolute atomic E-state index is 0.0154. The highest BCUT2D eigenvalue weighted by molar-refractivity contribution is 6.30. The van der Waals surface area contributed by atoms with Gasteiger partial charge in [-0.15, -0.1) is 0 Å². The maximum Gasteiger partial charge on any atom is 0.259 e. The van der Waals surface area contributed by atoms with Gasteiger partial charge in [-0.3, -0.25) is 4.79 Å². The average Bonchev–Trinajstić information content (AvgIpc) is 2.54. The van der Waals surface area contributed by atoms with Crippen LogP contribution < -0.4 is 14.8 Å². The first kappa shape index (κ1) is 16.1. The largest absolute Gasteiger partial charge is 0.496 e. The molecule has 2 rings (SSSR count). The minimum Gasteiger partial charge on any atom is -0.496 e. The van der Waals surface area contributed by atoms with Crippen LogP contribution in [0, 0.1) is 5.82 Å². The number of amides is 1. The molecule has 0 unspecified atom stereocenters. The quantitative estimate of drug-likeness (QED) is 0.917. The highest BCUT2D eigenvalue weighted by Gasteiger charge is 2.17. The summed E-state index contributed by atoms with van der Waals surface area (Å²) in [4.78, 5) is 12.4. The van der Waals surface area contributed by atoms with Crippen LogP contribution in [0.4, 0.5) is 4.39 Å². The molecule has 6 heteroatoms. The number of methoxy groups -OCH3 is 2. The van der Waals surface area contributed by atoms with Gasteiger partial charge in [0.1, 0.15) is 22.9 Å². The van der Waals surface area contributed by atoms with Crippen LogP contribution in [0.15, 0.2) is 36.4 Å². The predicted octanol–water partition coefficient (Wildman–Crippen LogP) is 3.43. The Labute approximate surface area is 132 Å². The van der Waals surface area contributed by atoms with Crippen molar-refractivity contribution in [3.05, 3.63) is 58.4 Å². The lowest BCUT2D eigenvalue weighted by Gasteiger charge is -2.13. The monoisotopic (exact) mass is 323 g/mol.